The van der Waals surface area contributed by atoms with Gasteiger partial charge in [-0.15, -0.1) is 0 Å². The molecular formula is C14H16O3. The second-order valence-corrected chi connectivity index (χ2v) is 4.91. The molecule has 90 valence electrons. The highest BCUT2D eigenvalue weighted by atomic mass is 16.5. The highest BCUT2D eigenvalue weighted by molar-refractivity contribution is 5.82. The highest BCUT2D eigenvalue weighted by Gasteiger charge is 2.49. The summed E-state index contributed by atoms with van der Waals surface area (Å²) in [6.45, 7) is 3.23. The minimum Gasteiger partial charge on any atom is -0.426 e. The van der Waals surface area contributed by atoms with Crippen molar-refractivity contribution >= 4 is 5.97 Å². The summed E-state index contributed by atoms with van der Waals surface area (Å²) in [5.74, 6) is 0.616. The van der Waals surface area contributed by atoms with Gasteiger partial charge in [-0.05, 0) is 30.9 Å². The number of carbonyl (C=O) groups excluding carboxylic acids is 1. The third kappa shape index (κ3) is 1.75. The van der Waals surface area contributed by atoms with Gasteiger partial charge in [0.05, 0.1) is 18.6 Å². The van der Waals surface area contributed by atoms with Gasteiger partial charge in [0.1, 0.15) is 5.75 Å². The number of esters is 1. The van der Waals surface area contributed by atoms with Crippen LogP contribution in [0.5, 0.6) is 5.75 Å². The molecule has 0 unspecified atom stereocenters. The number of rotatable bonds is 3. The Morgan fingerprint density at radius 2 is 2.24 bits per heavy atom. The summed E-state index contributed by atoms with van der Waals surface area (Å²) < 4.78 is 10.9. The van der Waals surface area contributed by atoms with Gasteiger partial charge >= 0.3 is 5.97 Å². The van der Waals surface area contributed by atoms with Crippen LogP contribution in [0.2, 0.25) is 0 Å². The van der Waals surface area contributed by atoms with E-state index in [4.69, 9.17) is 9.47 Å². The van der Waals surface area contributed by atoms with Gasteiger partial charge < -0.3 is 9.47 Å². The molecule has 1 saturated carbocycles. The molecule has 1 fully saturated rings. The summed E-state index contributed by atoms with van der Waals surface area (Å²) in [4.78, 5) is 12.1. The van der Waals surface area contributed by atoms with Gasteiger partial charge in [0.2, 0.25) is 0 Å². The van der Waals surface area contributed by atoms with E-state index in [9.17, 15) is 4.79 Å². The van der Waals surface area contributed by atoms with Crippen molar-refractivity contribution in [1.29, 1.82) is 0 Å². The molecule has 1 aliphatic carbocycles. The van der Waals surface area contributed by atoms with Gasteiger partial charge in [0.15, 0.2) is 0 Å². The standard InChI is InChI=1S/C14H16O3/c1-2-14(6-7-14)13(15)17-12-5-3-4-10-8-16-9-11(10)12/h3-5H,2,6-9H2,1H3. The lowest BCUT2D eigenvalue weighted by Gasteiger charge is -2.13. The zero-order valence-electron chi connectivity index (χ0n) is 9.99. The molecule has 3 rings (SSSR count). The Kier molecular flexibility index (Phi) is 2.44. The van der Waals surface area contributed by atoms with E-state index in [1.165, 1.54) is 0 Å². The van der Waals surface area contributed by atoms with Crippen LogP contribution in [0.1, 0.15) is 37.3 Å². The number of fused-ring (bicyclic) bond motifs is 1. The van der Waals surface area contributed by atoms with Crippen molar-refractivity contribution in [2.24, 2.45) is 5.41 Å². The number of carbonyl (C=O) groups is 1. The highest BCUT2D eigenvalue weighted by Crippen LogP contribution is 2.49. The summed E-state index contributed by atoms with van der Waals surface area (Å²) >= 11 is 0. The number of benzene rings is 1. The largest absolute Gasteiger partial charge is 0.426 e. The van der Waals surface area contributed by atoms with Gasteiger partial charge in [-0.2, -0.15) is 0 Å². The maximum Gasteiger partial charge on any atom is 0.317 e. The Bertz CT molecular complexity index is 461. The van der Waals surface area contributed by atoms with Crippen LogP contribution in [0.25, 0.3) is 0 Å². The summed E-state index contributed by atoms with van der Waals surface area (Å²) in [5, 5.41) is 0. The SMILES string of the molecule is CCC1(C(=O)Oc2cccc3c2COC3)CC1. The van der Waals surface area contributed by atoms with Gasteiger partial charge in [-0.1, -0.05) is 19.1 Å². The molecule has 1 aromatic carbocycles. The van der Waals surface area contributed by atoms with Crippen LogP contribution in [0.15, 0.2) is 18.2 Å². The predicted molar refractivity (Wildman–Crippen MR) is 62.5 cm³/mol. The van der Waals surface area contributed by atoms with E-state index < -0.39 is 0 Å². The van der Waals surface area contributed by atoms with Crippen molar-refractivity contribution in [2.75, 3.05) is 0 Å². The Morgan fingerprint density at radius 3 is 2.94 bits per heavy atom. The molecule has 0 radical (unpaired) electrons. The van der Waals surface area contributed by atoms with Crippen molar-refractivity contribution in [3.63, 3.8) is 0 Å². The molecule has 0 N–H and O–H groups in total. The fourth-order valence-corrected chi connectivity index (χ4v) is 2.33. The van der Waals surface area contributed by atoms with Crippen LogP contribution < -0.4 is 4.74 Å². The van der Waals surface area contributed by atoms with Crippen LogP contribution in [0.4, 0.5) is 0 Å². The minimum atomic E-state index is -0.192. The number of hydrogen-bond donors (Lipinski definition) is 0. The van der Waals surface area contributed by atoms with Gasteiger partial charge in [-0.3, -0.25) is 4.79 Å². The predicted octanol–water partition coefficient (Wildman–Crippen LogP) is 2.81. The zero-order chi connectivity index (χ0) is 11.9. The van der Waals surface area contributed by atoms with Crippen LogP contribution >= 0.6 is 0 Å². The maximum atomic E-state index is 12.1. The molecule has 0 atom stereocenters. The Morgan fingerprint density at radius 1 is 1.41 bits per heavy atom. The second-order valence-electron chi connectivity index (χ2n) is 4.91. The lowest BCUT2D eigenvalue weighted by atomic mass is 10.0. The first-order valence-corrected chi connectivity index (χ1v) is 6.16. The Labute approximate surface area is 101 Å². The third-order valence-corrected chi connectivity index (χ3v) is 3.90. The van der Waals surface area contributed by atoms with E-state index in [1.807, 2.05) is 25.1 Å². The van der Waals surface area contributed by atoms with E-state index in [0.29, 0.717) is 19.0 Å². The van der Waals surface area contributed by atoms with E-state index in [2.05, 4.69) is 0 Å². The fourth-order valence-electron chi connectivity index (χ4n) is 2.33. The van der Waals surface area contributed by atoms with Crippen LogP contribution in [0, 0.1) is 5.41 Å². The summed E-state index contributed by atoms with van der Waals surface area (Å²) in [6, 6.07) is 5.80. The van der Waals surface area contributed by atoms with Crippen molar-refractivity contribution in [3.05, 3.63) is 29.3 Å². The smallest absolute Gasteiger partial charge is 0.317 e. The molecule has 0 spiro atoms. The minimum absolute atomic E-state index is 0.0692. The van der Waals surface area contributed by atoms with Crippen molar-refractivity contribution in [3.8, 4) is 5.75 Å². The molecule has 3 heteroatoms. The average molecular weight is 232 g/mol. The van der Waals surface area contributed by atoms with E-state index in [-0.39, 0.29) is 11.4 Å². The number of ether oxygens (including phenoxy) is 2. The first-order chi connectivity index (χ1) is 8.25. The first kappa shape index (κ1) is 10.8. The summed E-state index contributed by atoms with van der Waals surface area (Å²) in [7, 11) is 0. The molecule has 1 aliphatic heterocycles. The molecule has 17 heavy (non-hydrogen) atoms. The quantitative estimate of drug-likeness (QED) is 0.594. The molecule has 1 heterocycles. The molecule has 1 aromatic rings. The summed E-state index contributed by atoms with van der Waals surface area (Å²) in [6.07, 6.45) is 2.80. The van der Waals surface area contributed by atoms with E-state index in [0.717, 1.165) is 30.4 Å². The maximum absolute atomic E-state index is 12.1. The average Bonchev–Trinajstić information content (AvgIpc) is 3.00. The van der Waals surface area contributed by atoms with Gasteiger partial charge in [0, 0.05) is 5.56 Å². The topological polar surface area (TPSA) is 35.5 Å². The van der Waals surface area contributed by atoms with Crippen LogP contribution in [-0.4, -0.2) is 5.97 Å². The Hall–Kier alpha value is -1.35. The lowest BCUT2D eigenvalue weighted by Crippen LogP contribution is -2.21. The second kappa shape index (κ2) is 3.84. The van der Waals surface area contributed by atoms with Crippen molar-refractivity contribution < 1.29 is 14.3 Å². The first-order valence-electron chi connectivity index (χ1n) is 6.16. The number of hydrogen-bond acceptors (Lipinski definition) is 3. The molecule has 0 bridgehead atoms. The Balaban J connectivity index is 1.82. The van der Waals surface area contributed by atoms with E-state index in [1.54, 1.807) is 0 Å². The molecular weight excluding hydrogens is 216 g/mol. The van der Waals surface area contributed by atoms with Gasteiger partial charge in [-0.25, -0.2) is 0 Å². The summed E-state index contributed by atoms with van der Waals surface area (Å²) in [5.41, 5.74) is 1.98. The normalized spacial score (nSPS) is 19.8. The van der Waals surface area contributed by atoms with Crippen molar-refractivity contribution in [1.82, 2.24) is 0 Å². The molecule has 0 saturated heterocycles. The molecule has 3 nitrogen and oxygen atoms in total. The molecule has 0 amide bonds. The van der Waals surface area contributed by atoms with Crippen LogP contribution in [0.3, 0.4) is 0 Å². The van der Waals surface area contributed by atoms with E-state index >= 15 is 0 Å². The third-order valence-electron chi connectivity index (χ3n) is 3.90. The zero-order valence-corrected chi connectivity index (χ0v) is 9.99. The lowest BCUT2D eigenvalue weighted by molar-refractivity contribution is -0.140. The van der Waals surface area contributed by atoms with Gasteiger partial charge in [0.25, 0.3) is 0 Å². The van der Waals surface area contributed by atoms with Crippen molar-refractivity contribution in [2.45, 2.75) is 39.4 Å². The molecule has 2 aliphatic rings. The monoisotopic (exact) mass is 232 g/mol. The van der Waals surface area contributed by atoms with Crippen LogP contribution in [-0.2, 0) is 22.7 Å². The molecule has 0 aromatic heterocycles. The fraction of sp³-hybridized carbons (Fsp3) is 0.500.